The molecule has 3 rings (SSSR count). The molecule has 0 bridgehead atoms. The first-order valence-corrected chi connectivity index (χ1v) is 7.92. The first-order valence-electron chi connectivity index (χ1n) is 7.17. The Labute approximate surface area is 151 Å². The SMILES string of the molecule is Cc1cccc2c(=O)[nH]c(COC(=O)c3cc(F)c(Cl)cc3Cl)nc12. The van der Waals surface area contributed by atoms with E-state index in [4.69, 9.17) is 27.9 Å². The summed E-state index contributed by atoms with van der Waals surface area (Å²) in [5.41, 5.74) is 0.838. The third-order valence-corrected chi connectivity index (χ3v) is 4.16. The first kappa shape index (κ1) is 17.4. The number of benzene rings is 2. The number of halogens is 3. The number of para-hydroxylation sites is 1. The van der Waals surface area contributed by atoms with Crippen LogP contribution in [0.25, 0.3) is 10.9 Å². The average molecular weight is 381 g/mol. The number of H-pyrrole nitrogens is 1. The van der Waals surface area contributed by atoms with Crippen LogP contribution in [0.15, 0.2) is 35.1 Å². The third-order valence-electron chi connectivity index (χ3n) is 3.56. The number of ether oxygens (including phenoxy) is 1. The van der Waals surface area contributed by atoms with Crippen LogP contribution >= 0.6 is 23.2 Å². The average Bonchev–Trinajstić information content (AvgIpc) is 2.57. The highest BCUT2D eigenvalue weighted by Gasteiger charge is 2.16. The standard InChI is InChI=1S/C17H11Cl2FN2O3/c1-8-3-2-4-9-15(8)21-14(22-16(9)23)7-25-17(24)10-5-13(20)12(19)6-11(10)18/h2-6H,7H2,1H3,(H,21,22,23). The fourth-order valence-electron chi connectivity index (χ4n) is 2.31. The molecule has 1 aromatic heterocycles. The molecule has 0 amide bonds. The molecule has 2 aromatic carbocycles. The molecular formula is C17H11Cl2FN2O3. The maximum absolute atomic E-state index is 13.5. The van der Waals surface area contributed by atoms with E-state index < -0.39 is 11.8 Å². The number of carbonyl (C=O) groups is 1. The second-order valence-electron chi connectivity index (χ2n) is 5.31. The van der Waals surface area contributed by atoms with Crippen LogP contribution in [0.2, 0.25) is 10.0 Å². The Kier molecular flexibility index (Phi) is 4.74. The van der Waals surface area contributed by atoms with Crippen molar-refractivity contribution in [2.24, 2.45) is 0 Å². The number of nitrogens with zero attached hydrogens (tertiary/aromatic N) is 1. The van der Waals surface area contributed by atoms with E-state index >= 15 is 0 Å². The van der Waals surface area contributed by atoms with Gasteiger partial charge in [0.05, 0.1) is 26.5 Å². The molecule has 0 aliphatic heterocycles. The van der Waals surface area contributed by atoms with E-state index in [0.29, 0.717) is 10.9 Å². The zero-order valence-corrected chi connectivity index (χ0v) is 14.4. The summed E-state index contributed by atoms with van der Waals surface area (Å²) in [7, 11) is 0. The summed E-state index contributed by atoms with van der Waals surface area (Å²) in [4.78, 5) is 31.0. The van der Waals surface area contributed by atoms with Crippen LogP contribution in [0.5, 0.6) is 0 Å². The van der Waals surface area contributed by atoms with Crippen LogP contribution < -0.4 is 5.56 Å². The molecule has 0 radical (unpaired) electrons. The number of hydrogen-bond donors (Lipinski definition) is 1. The Hall–Kier alpha value is -2.44. The van der Waals surface area contributed by atoms with E-state index in [0.717, 1.165) is 17.7 Å². The van der Waals surface area contributed by atoms with Gasteiger partial charge in [0.15, 0.2) is 0 Å². The van der Waals surface area contributed by atoms with Crippen LogP contribution in [0, 0.1) is 12.7 Å². The van der Waals surface area contributed by atoms with Gasteiger partial charge in [-0.3, -0.25) is 4.79 Å². The van der Waals surface area contributed by atoms with Crippen molar-refractivity contribution in [1.82, 2.24) is 9.97 Å². The van der Waals surface area contributed by atoms with Gasteiger partial charge in [-0.25, -0.2) is 14.2 Å². The predicted molar refractivity (Wildman–Crippen MR) is 92.6 cm³/mol. The van der Waals surface area contributed by atoms with Gasteiger partial charge in [-0.05, 0) is 30.7 Å². The van der Waals surface area contributed by atoms with Gasteiger partial charge < -0.3 is 9.72 Å². The summed E-state index contributed by atoms with van der Waals surface area (Å²) in [5, 5.41) is 0.211. The second kappa shape index (κ2) is 6.82. The fraction of sp³-hybridized carbons (Fsp3) is 0.118. The van der Waals surface area contributed by atoms with E-state index in [1.165, 1.54) is 0 Å². The molecule has 0 unspecified atom stereocenters. The Bertz CT molecular complexity index is 1050. The van der Waals surface area contributed by atoms with Crippen LogP contribution in [0.1, 0.15) is 21.7 Å². The quantitative estimate of drug-likeness (QED) is 0.549. The minimum Gasteiger partial charge on any atom is -0.454 e. The van der Waals surface area contributed by atoms with Gasteiger partial charge in [-0.1, -0.05) is 35.3 Å². The van der Waals surface area contributed by atoms with Gasteiger partial charge in [0, 0.05) is 0 Å². The van der Waals surface area contributed by atoms with Crippen molar-refractivity contribution in [3.8, 4) is 0 Å². The minimum atomic E-state index is -0.854. The first-order chi connectivity index (χ1) is 11.9. The smallest absolute Gasteiger partial charge is 0.340 e. The van der Waals surface area contributed by atoms with Crippen LogP contribution in [0.4, 0.5) is 4.39 Å². The maximum atomic E-state index is 13.5. The molecule has 0 aliphatic rings. The van der Waals surface area contributed by atoms with Crippen molar-refractivity contribution >= 4 is 40.1 Å². The highest BCUT2D eigenvalue weighted by molar-refractivity contribution is 6.36. The van der Waals surface area contributed by atoms with E-state index in [2.05, 4.69) is 9.97 Å². The van der Waals surface area contributed by atoms with Gasteiger partial charge in [0.2, 0.25) is 0 Å². The molecule has 0 saturated heterocycles. The van der Waals surface area contributed by atoms with Gasteiger partial charge in [-0.15, -0.1) is 0 Å². The summed E-state index contributed by atoms with van der Waals surface area (Å²) < 4.78 is 18.6. The lowest BCUT2D eigenvalue weighted by molar-refractivity contribution is 0.0462. The van der Waals surface area contributed by atoms with Crippen molar-refractivity contribution in [1.29, 1.82) is 0 Å². The fourth-order valence-corrected chi connectivity index (χ4v) is 2.77. The number of aromatic nitrogens is 2. The Morgan fingerprint density at radius 1 is 1.28 bits per heavy atom. The Balaban J connectivity index is 1.86. The van der Waals surface area contributed by atoms with E-state index in [1.807, 2.05) is 13.0 Å². The van der Waals surface area contributed by atoms with Gasteiger partial charge in [0.1, 0.15) is 18.2 Å². The number of esters is 1. The summed E-state index contributed by atoms with van der Waals surface area (Å²) in [6, 6.07) is 7.24. The number of carbonyl (C=O) groups excluding carboxylic acids is 1. The van der Waals surface area contributed by atoms with Crippen LogP contribution in [-0.4, -0.2) is 15.9 Å². The number of rotatable bonds is 3. The lowest BCUT2D eigenvalue weighted by Gasteiger charge is -2.08. The van der Waals surface area contributed by atoms with Gasteiger partial charge in [0.25, 0.3) is 5.56 Å². The molecule has 0 spiro atoms. The molecule has 0 aliphatic carbocycles. The molecule has 1 N–H and O–H groups in total. The molecule has 25 heavy (non-hydrogen) atoms. The number of aryl methyl sites for hydroxylation is 1. The largest absolute Gasteiger partial charge is 0.454 e. The Morgan fingerprint density at radius 2 is 2.04 bits per heavy atom. The summed E-state index contributed by atoms with van der Waals surface area (Å²) in [6.07, 6.45) is 0. The number of fused-ring (bicyclic) bond motifs is 1. The zero-order valence-electron chi connectivity index (χ0n) is 12.9. The lowest BCUT2D eigenvalue weighted by atomic mass is 10.1. The molecule has 0 fully saturated rings. The topological polar surface area (TPSA) is 72.1 Å². The molecule has 5 nitrogen and oxygen atoms in total. The van der Waals surface area contributed by atoms with Gasteiger partial charge >= 0.3 is 5.97 Å². The molecule has 1 heterocycles. The number of hydrogen-bond acceptors (Lipinski definition) is 4. The van der Waals surface area contributed by atoms with Gasteiger partial charge in [-0.2, -0.15) is 0 Å². The molecule has 128 valence electrons. The van der Waals surface area contributed by atoms with Crippen molar-refractivity contribution in [2.75, 3.05) is 0 Å². The predicted octanol–water partition coefficient (Wildman–Crippen LogP) is 4.03. The Morgan fingerprint density at radius 3 is 2.80 bits per heavy atom. The molecule has 0 saturated carbocycles. The monoisotopic (exact) mass is 380 g/mol. The summed E-state index contributed by atoms with van der Waals surface area (Å²) in [5.74, 6) is -1.47. The van der Waals surface area contributed by atoms with E-state index in [1.54, 1.807) is 12.1 Å². The van der Waals surface area contributed by atoms with Crippen molar-refractivity contribution in [3.63, 3.8) is 0 Å². The zero-order chi connectivity index (χ0) is 18.1. The highest BCUT2D eigenvalue weighted by Crippen LogP contribution is 2.25. The normalized spacial score (nSPS) is 10.9. The van der Waals surface area contributed by atoms with Crippen LogP contribution in [0.3, 0.4) is 0 Å². The highest BCUT2D eigenvalue weighted by atomic mass is 35.5. The summed E-state index contributed by atoms with van der Waals surface area (Å²) >= 11 is 11.5. The number of aromatic amines is 1. The lowest BCUT2D eigenvalue weighted by Crippen LogP contribution is -2.15. The molecular weight excluding hydrogens is 370 g/mol. The third kappa shape index (κ3) is 3.50. The van der Waals surface area contributed by atoms with Crippen LogP contribution in [-0.2, 0) is 11.3 Å². The van der Waals surface area contributed by atoms with E-state index in [-0.39, 0.29) is 33.6 Å². The van der Waals surface area contributed by atoms with E-state index in [9.17, 15) is 14.0 Å². The second-order valence-corrected chi connectivity index (χ2v) is 6.12. The van der Waals surface area contributed by atoms with Crippen molar-refractivity contribution < 1.29 is 13.9 Å². The van der Waals surface area contributed by atoms with Crippen molar-refractivity contribution in [3.05, 3.63) is 73.5 Å². The summed E-state index contributed by atoms with van der Waals surface area (Å²) in [6.45, 7) is 1.53. The van der Waals surface area contributed by atoms with Crippen molar-refractivity contribution in [2.45, 2.75) is 13.5 Å². The maximum Gasteiger partial charge on any atom is 0.340 e. The minimum absolute atomic E-state index is 0.0350. The molecule has 0 atom stereocenters. The number of nitrogens with one attached hydrogen (secondary N) is 1. The molecule has 8 heteroatoms. The molecule has 3 aromatic rings.